The summed E-state index contributed by atoms with van der Waals surface area (Å²) in [7, 11) is 0. The molecule has 45 heavy (non-hydrogen) atoms. The molecule has 0 radical (unpaired) electrons. The summed E-state index contributed by atoms with van der Waals surface area (Å²) in [6, 6.07) is 0. The van der Waals surface area contributed by atoms with Crippen molar-refractivity contribution in [1.29, 1.82) is 0 Å². The molecule has 0 heterocycles. The van der Waals surface area contributed by atoms with E-state index in [2.05, 4.69) is 147 Å². The van der Waals surface area contributed by atoms with Crippen molar-refractivity contribution in [3.63, 3.8) is 0 Å². The molecule has 8 nitrogen and oxygen atoms in total. The molecule has 0 atom stereocenters. The summed E-state index contributed by atoms with van der Waals surface area (Å²) in [6.45, 7) is 11.0. The van der Waals surface area contributed by atoms with E-state index in [0.717, 1.165) is 25.7 Å². The summed E-state index contributed by atoms with van der Waals surface area (Å²) in [5.41, 5.74) is 0. The summed E-state index contributed by atoms with van der Waals surface area (Å²) >= 11 is 35.7. The third-order valence-electron chi connectivity index (χ3n) is 4.83. The number of unbranched alkanes of at least 4 members (excludes halogenated alkanes) is 12. The zero-order chi connectivity index (χ0) is 34.1. The average molecular weight is 869 g/mol. The first-order valence-corrected chi connectivity index (χ1v) is 18.4. The second-order valence-corrected chi connectivity index (χ2v) is 12.9. The molecule has 0 aliphatic carbocycles. The van der Waals surface area contributed by atoms with Gasteiger partial charge in [-0.25, -0.2) is 0 Å². The summed E-state index contributed by atoms with van der Waals surface area (Å²) in [5, 5.41) is 0. The van der Waals surface area contributed by atoms with Gasteiger partial charge in [-0.2, -0.15) is 19.6 Å². The number of thiocarbonyl (C=S) groups is 4. The molecule has 0 fully saturated rings. The molecule has 0 aromatic rings. The van der Waals surface area contributed by atoms with Gasteiger partial charge in [-0.3, -0.25) is 0 Å². The van der Waals surface area contributed by atoms with Gasteiger partial charge in [0.2, 0.25) is 0 Å². The number of hydrogen-bond acceptors (Lipinski definition) is 16. The van der Waals surface area contributed by atoms with Crippen LogP contribution in [0.5, 0.6) is 0 Å². The molecule has 0 bridgehead atoms. The monoisotopic (exact) mass is 870 g/mol. The zero-order valence-electron chi connectivity index (χ0n) is 27.1. The van der Waals surface area contributed by atoms with E-state index in [0.29, 0.717) is 26.4 Å². The van der Waals surface area contributed by atoms with Gasteiger partial charge in [0, 0.05) is 0 Å². The molecule has 0 amide bonds. The van der Waals surface area contributed by atoms with E-state index in [4.69, 9.17) is 19.6 Å². The van der Waals surface area contributed by atoms with Crippen molar-refractivity contribution < 1.29 is 60.2 Å². The van der Waals surface area contributed by atoms with Crippen LogP contribution in [0.25, 0.3) is 0 Å². The Kier molecular flexibility index (Phi) is 63.7. The van der Waals surface area contributed by atoms with E-state index in [9.17, 15) is 0 Å². The number of hydrogen-bond donors (Lipinski definition) is 0. The zero-order valence-corrected chi connectivity index (χ0v) is 35.6. The van der Waals surface area contributed by atoms with Gasteiger partial charge in [0.1, 0.15) is 0 Å². The molecule has 0 aliphatic heterocycles. The minimum absolute atomic E-state index is 0. The topological polar surface area (TPSA) is 73.8 Å². The molecule has 0 N–H and O–H groups in total. The normalized spacial score (nSPS) is 9.33. The first kappa shape index (κ1) is 55.4. The molecular weight excluding hydrogens is 817 g/mol. The van der Waals surface area contributed by atoms with E-state index in [-0.39, 0.29) is 38.6 Å². The first-order chi connectivity index (χ1) is 21.1. The largest absolute Gasteiger partial charge is 4.00 e. The molecule has 0 aromatic carbocycles. The molecule has 266 valence electrons. The Balaban J connectivity index is -0.000000157. The predicted molar refractivity (Wildman–Crippen MR) is 205 cm³/mol. The van der Waals surface area contributed by atoms with Gasteiger partial charge in [-0.05, 0) is 25.7 Å². The fraction of sp³-hybridized carbons (Fsp3) is 0.857. The maximum absolute atomic E-state index is 4.70. The van der Waals surface area contributed by atoms with Gasteiger partial charge in [-0.1, -0.05) is 105 Å². The maximum atomic E-state index is 4.70. The van der Waals surface area contributed by atoms with Crippen LogP contribution in [0.4, 0.5) is 0 Å². The molecular formula is C28H52MoO8S8. The van der Waals surface area contributed by atoms with Crippen molar-refractivity contribution in [2.45, 2.75) is 130 Å². The molecule has 0 spiro atoms. The van der Waals surface area contributed by atoms with Gasteiger partial charge >= 0.3 is 21.1 Å². The van der Waals surface area contributed by atoms with E-state index in [1.165, 1.54) is 77.0 Å². The Morgan fingerprint density at radius 3 is 0.667 bits per heavy atom. The molecule has 0 saturated carbocycles. The van der Waals surface area contributed by atoms with Crippen LogP contribution in [0.1, 0.15) is 130 Å². The fourth-order valence-electron chi connectivity index (χ4n) is 2.71. The van der Waals surface area contributed by atoms with Crippen molar-refractivity contribution >= 4 is 117 Å². The summed E-state index contributed by atoms with van der Waals surface area (Å²) < 4.78 is 0.113. The second-order valence-electron chi connectivity index (χ2n) is 8.86. The number of rotatable bonds is 24. The predicted octanol–water partition coefficient (Wildman–Crippen LogP) is 9.38. The van der Waals surface area contributed by atoms with Crippen molar-refractivity contribution in [2.24, 2.45) is 0 Å². The van der Waals surface area contributed by atoms with Crippen LogP contribution in [0.2, 0.25) is 0 Å². The second kappa shape index (κ2) is 51.8. The Labute approximate surface area is 331 Å². The minimum Gasteiger partial charge on any atom is -0.387 e. The van der Waals surface area contributed by atoms with E-state index in [1.807, 2.05) is 0 Å². The third-order valence-corrected chi connectivity index (χ3v) is 5.38. The standard InChI is InChI=1S/4C7H14O2S2.Mo/c4*1-2-3-4-5-6-8-9-7(10)11;/h4*2-6H2,1H3,(H,10,11);/q;;;;+4/p-4. The van der Waals surface area contributed by atoms with Crippen LogP contribution in [-0.4, -0.2) is 44.0 Å². The van der Waals surface area contributed by atoms with Crippen molar-refractivity contribution in [1.82, 2.24) is 0 Å². The maximum Gasteiger partial charge on any atom is 4.00 e. The molecule has 0 saturated heterocycles. The molecule has 0 rings (SSSR count). The Morgan fingerprint density at radius 1 is 0.356 bits per heavy atom. The Morgan fingerprint density at radius 2 is 0.533 bits per heavy atom. The first-order valence-electron chi connectivity index (χ1n) is 15.1. The van der Waals surface area contributed by atoms with Crippen LogP contribution in [-0.2, 0) is 111 Å². The third kappa shape index (κ3) is 76.4. The van der Waals surface area contributed by atoms with Crippen LogP contribution < -0.4 is 0 Å². The summed E-state index contributed by atoms with van der Waals surface area (Å²) in [5.74, 6) is 0. The summed E-state index contributed by atoms with van der Waals surface area (Å²) in [6.07, 6.45) is 18.5. The van der Waals surface area contributed by atoms with E-state index < -0.39 is 0 Å². The van der Waals surface area contributed by atoms with Crippen LogP contribution in [0, 0.1) is 0 Å². The summed E-state index contributed by atoms with van der Waals surface area (Å²) in [4.78, 5) is 36.7. The van der Waals surface area contributed by atoms with Crippen molar-refractivity contribution in [3.05, 3.63) is 0 Å². The van der Waals surface area contributed by atoms with Gasteiger partial charge in [-0.15, -0.1) is 0 Å². The van der Waals surface area contributed by atoms with Crippen molar-refractivity contribution in [2.75, 3.05) is 26.4 Å². The van der Waals surface area contributed by atoms with E-state index >= 15 is 0 Å². The van der Waals surface area contributed by atoms with E-state index in [1.54, 1.807) is 0 Å². The van der Waals surface area contributed by atoms with Gasteiger partial charge in [0.05, 0.1) is 44.0 Å². The SMILES string of the molecule is CCCCCCOOC(=S)[S-].CCCCCCOOC(=S)[S-].CCCCCCOOC(=S)[S-].CCCCCCOOC(=S)[S-].[Mo+4]. The molecule has 0 unspecified atom stereocenters. The smallest absolute Gasteiger partial charge is 0.387 e. The van der Waals surface area contributed by atoms with Gasteiger partial charge < -0.3 is 119 Å². The molecule has 0 aliphatic rings. The minimum atomic E-state index is 0. The quantitative estimate of drug-likeness (QED) is 0.0231. The fourth-order valence-corrected chi connectivity index (χ4v) is 3.10. The van der Waals surface area contributed by atoms with Crippen LogP contribution in [0.15, 0.2) is 0 Å². The van der Waals surface area contributed by atoms with Gasteiger partial charge in [0.25, 0.3) is 0 Å². The molecule has 17 heteroatoms. The molecule has 0 aromatic heterocycles. The van der Waals surface area contributed by atoms with Crippen LogP contribution in [0.3, 0.4) is 0 Å². The average Bonchev–Trinajstić information content (AvgIpc) is 2.97. The Bertz CT molecular complexity index is 537. The van der Waals surface area contributed by atoms with Gasteiger partial charge in [0.15, 0.2) is 0 Å². The van der Waals surface area contributed by atoms with Crippen LogP contribution >= 0.6 is 48.9 Å². The van der Waals surface area contributed by atoms with Crippen molar-refractivity contribution in [3.8, 4) is 0 Å². The Hall–Kier alpha value is 0.968.